The number of nitrogens with two attached hydrogens (primary N) is 1. The molecule has 3 N–H and O–H groups in total. The van der Waals surface area contributed by atoms with Crippen LogP contribution in [0.2, 0.25) is 0 Å². The van der Waals surface area contributed by atoms with Crippen molar-refractivity contribution in [2.75, 3.05) is 19.7 Å². The number of amides is 1. The summed E-state index contributed by atoms with van der Waals surface area (Å²) < 4.78 is 0. The van der Waals surface area contributed by atoms with Gasteiger partial charge in [0.05, 0.1) is 0 Å². The number of carbonyl (C=O) groups is 1. The molecule has 64 valence electrons. The van der Waals surface area contributed by atoms with Crippen molar-refractivity contribution in [2.24, 2.45) is 5.73 Å². The smallest absolute Gasteiger partial charge is 0.248 e. The maximum absolute atomic E-state index is 10.9. The van der Waals surface area contributed by atoms with Crippen molar-refractivity contribution >= 4 is 5.91 Å². The summed E-state index contributed by atoms with van der Waals surface area (Å²) in [5.74, 6) is -0.183. The van der Waals surface area contributed by atoms with Gasteiger partial charge < -0.3 is 15.7 Å². The molecule has 0 radical (unpaired) electrons. The highest BCUT2D eigenvalue weighted by Crippen LogP contribution is 2.07. The normalized spacial score (nSPS) is 20.4. The molecule has 0 saturated carbocycles. The molecule has 1 heterocycles. The highest BCUT2D eigenvalue weighted by molar-refractivity contribution is 5.77. The lowest BCUT2D eigenvalue weighted by atomic mass is 10.1. The molecular weight excluding hydrogens is 144 g/mol. The maximum atomic E-state index is 10.9. The Hall–Kier alpha value is -0.610. The summed E-state index contributed by atoms with van der Waals surface area (Å²) in [6.45, 7) is 1.01. The summed E-state index contributed by atoms with van der Waals surface area (Å²) in [6, 6.07) is 0.234. The Bertz CT molecular complexity index is 141. The predicted octanol–water partition coefficient (Wildman–Crippen LogP) is -1.07. The van der Waals surface area contributed by atoms with E-state index in [0.29, 0.717) is 13.1 Å². The van der Waals surface area contributed by atoms with Crippen molar-refractivity contribution in [3.05, 3.63) is 0 Å². The van der Waals surface area contributed by atoms with Crippen molar-refractivity contribution in [1.82, 2.24) is 4.90 Å². The van der Waals surface area contributed by atoms with E-state index in [1.807, 2.05) is 0 Å². The van der Waals surface area contributed by atoms with E-state index >= 15 is 0 Å². The van der Waals surface area contributed by atoms with Crippen LogP contribution >= 0.6 is 0 Å². The fourth-order valence-corrected chi connectivity index (χ4v) is 1.25. The molecule has 1 aliphatic heterocycles. The summed E-state index contributed by atoms with van der Waals surface area (Å²) in [5, 5.41) is 8.53. The van der Waals surface area contributed by atoms with E-state index in [9.17, 15) is 4.79 Å². The zero-order valence-electron chi connectivity index (χ0n) is 6.49. The van der Waals surface area contributed by atoms with Crippen molar-refractivity contribution in [2.45, 2.75) is 18.9 Å². The molecular formula is C7H14N2O2. The van der Waals surface area contributed by atoms with Gasteiger partial charge in [-0.05, 0) is 12.8 Å². The molecule has 1 amide bonds. The van der Waals surface area contributed by atoms with Gasteiger partial charge in [0.2, 0.25) is 5.91 Å². The first kappa shape index (κ1) is 8.49. The fraction of sp³-hybridized carbons (Fsp3) is 0.857. The second-order valence-electron chi connectivity index (χ2n) is 2.88. The average molecular weight is 158 g/mol. The third-order valence-electron chi connectivity index (χ3n) is 2.03. The van der Waals surface area contributed by atoms with Gasteiger partial charge in [0, 0.05) is 19.1 Å². The Kier molecular flexibility index (Phi) is 2.84. The van der Waals surface area contributed by atoms with Gasteiger partial charge in [-0.15, -0.1) is 0 Å². The Morgan fingerprint density at radius 3 is 2.55 bits per heavy atom. The van der Waals surface area contributed by atoms with E-state index < -0.39 is 0 Å². The van der Waals surface area contributed by atoms with Gasteiger partial charge in [-0.1, -0.05) is 0 Å². The lowest BCUT2D eigenvalue weighted by Crippen LogP contribution is -2.43. The van der Waals surface area contributed by atoms with Crippen LogP contribution in [0, 0.1) is 0 Å². The van der Waals surface area contributed by atoms with Gasteiger partial charge in [0.25, 0.3) is 0 Å². The second kappa shape index (κ2) is 3.69. The first-order valence-corrected chi connectivity index (χ1v) is 3.88. The van der Waals surface area contributed by atoms with Gasteiger partial charge in [-0.2, -0.15) is 0 Å². The van der Waals surface area contributed by atoms with Crippen LogP contribution in [0.15, 0.2) is 0 Å². The molecule has 0 atom stereocenters. The second-order valence-corrected chi connectivity index (χ2v) is 2.88. The van der Waals surface area contributed by atoms with E-state index in [1.54, 1.807) is 4.90 Å². The number of nitrogens with zero attached hydrogens (tertiary/aromatic N) is 1. The third kappa shape index (κ3) is 2.17. The van der Waals surface area contributed by atoms with E-state index in [4.69, 9.17) is 10.8 Å². The van der Waals surface area contributed by atoms with E-state index in [2.05, 4.69) is 0 Å². The highest BCUT2D eigenvalue weighted by Gasteiger charge is 2.19. The zero-order chi connectivity index (χ0) is 8.27. The van der Waals surface area contributed by atoms with Crippen LogP contribution in [-0.4, -0.2) is 41.7 Å². The Labute approximate surface area is 66.0 Å². The number of piperidine rings is 1. The molecule has 0 spiro atoms. The molecule has 0 aromatic rings. The van der Waals surface area contributed by atoms with Crippen LogP contribution < -0.4 is 5.73 Å². The average Bonchev–Trinajstić information content (AvgIpc) is 2.05. The van der Waals surface area contributed by atoms with Crippen LogP contribution in [-0.2, 0) is 4.79 Å². The molecule has 1 fully saturated rings. The molecule has 4 nitrogen and oxygen atoms in total. The maximum Gasteiger partial charge on any atom is 0.248 e. The summed E-state index contributed by atoms with van der Waals surface area (Å²) in [4.78, 5) is 12.6. The number of hydrogen-bond donors (Lipinski definition) is 2. The zero-order valence-corrected chi connectivity index (χ0v) is 6.49. The monoisotopic (exact) mass is 158 g/mol. The molecule has 1 aliphatic rings. The van der Waals surface area contributed by atoms with Crippen LogP contribution in [0.4, 0.5) is 0 Å². The molecule has 0 bridgehead atoms. The minimum atomic E-state index is -0.380. The van der Waals surface area contributed by atoms with E-state index in [-0.39, 0.29) is 18.6 Å². The SMILES string of the molecule is NC1CCN(C(=O)CO)CC1. The number of carbonyl (C=O) groups excluding carboxylic acids is 1. The van der Waals surface area contributed by atoms with Crippen molar-refractivity contribution in [1.29, 1.82) is 0 Å². The molecule has 0 aromatic carbocycles. The standard InChI is InChI=1S/C7H14N2O2/c8-6-1-3-9(4-2-6)7(11)5-10/h6,10H,1-5,8H2. The van der Waals surface area contributed by atoms with Crippen LogP contribution in [0.3, 0.4) is 0 Å². The summed E-state index contributed by atoms with van der Waals surface area (Å²) >= 11 is 0. The molecule has 0 unspecified atom stereocenters. The Morgan fingerprint density at radius 2 is 2.09 bits per heavy atom. The molecule has 0 aliphatic carbocycles. The van der Waals surface area contributed by atoms with Crippen molar-refractivity contribution in [3.63, 3.8) is 0 Å². The van der Waals surface area contributed by atoms with E-state index in [1.165, 1.54) is 0 Å². The van der Waals surface area contributed by atoms with Crippen LogP contribution in [0.1, 0.15) is 12.8 Å². The van der Waals surface area contributed by atoms with Crippen molar-refractivity contribution < 1.29 is 9.90 Å². The minimum Gasteiger partial charge on any atom is -0.387 e. The number of aliphatic hydroxyl groups is 1. The van der Waals surface area contributed by atoms with Gasteiger partial charge in [-0.25, -0.2) is 0 Å². The van der Waals surface area contributed by atoms with Gasteiger partial charge in [-0.3, -0.25) is 4.79 Å². The molecule has 1 rings (SSSR count). The van der Waals surface area contributed by atoms with E-state index in [0.717, 1.165) is 12.8 Å². The fourth-order valence-electron chi connectivity index (χ4n) is 1.25. The van der Waals surface area contributed by atoms with Crippen LogP contribution in [0.5, 0.6) is 0 Å². The molecule has 1 saturated heterocycles. The molecule has 4 heteroatoms. The number of hydrogen-bond acceptors (Lipinski definition) is 3. The summed E-state index contributed by atoms with van der Waals surface area (Å²) in [6.07, 6.45) is 1.71. The lowest BCUT2D eigenvalue weighted by Gasteiger charge is -2.29. The van der Waals surface area contributed by atoms with Gasteiger partial charge >= 0.3 is 0 Å². The first-order valence-electron chi connectivity index (χ1n) is 3.88. The highest BCUT2D eigenvalue weighted by atomic mass is 16.3. The number of aliphatic hydroxyl groups excluding tert-OH is 1. The predicted molar refractivity (Wildman–Crippen MR) is 40.9 cm³/mol. The summed E-state index contributed by atoms with van der Waals surface area (Å²) in [5.41, 5.74) is 5.64. The first-order chi connectivity index (χ1) is 5.24. The largest absolute Gasteiger partial charge is 0.387 e. The minimum absolute atomic E-state index is 0.183. The third-order valence-corrected chi connectivity index (χ3v) is 2.03. The Balaban J connectivity index is 2.33. The van der Waals surface area contributed by atoms with Crippen LogP contribution in [0.25, 0.3) is 0 Å². The quantitative estimate of drug-likeness (QED) is 0.510. The Morgan fingerprint density at radius 1 is 1.55 bits per heavy atom. The lowest BCUT2D eigenvalue weighted by molar-refractivity contribution is -0.135. The van der Waals surface area contributed by atoms with Crippen molar-refractivity contribution in [3.8, 4) is 0 Å². The number of rotatable bonds is 1. The van der Waals surface area contributed by atoms with Gasteiger partial charge in [0.1, 0.15) is 6.61 Å². The summed E-state index contributed by atoms with van der Waals surface area (Å²) in [7, 11) is 0. The van der Waals surface area contributed by atoms with Gasteiger partial charge in [0.15, 0.2) is 0 Å². The number of likely N-dealkylation sites (tertiary alicyclic amines) is 1. The molecule has 11 heavy (non-hydrogen) atoms. The molecule has 0 aromatic heterocycles. The topological polar surface area (TPSA) is 66.6 Å².